The van der Waals surface area contributed by atoms with Gasteiger partial charge in [0.1, 0.15) is 17.3 Å². The number of rotatable bonds is 10. The number of hydrogen-bond acceptors (Lipinski definition) is 8. The van der Waals surface area contributed by atoms with Crippen molar-refractivity contribution in [2.75, 3.05) is 56.7 Å². The van der Waals surface area contributed by atoms with Crippen LogP contribution in [0.3, 0.4) is 0 Å². The predicted octanol–water partition coefficient (Wildman–Crippen LogP) is 4.10. The van der Waals surface area contributed by atoms with Gasteiger partial charge in [-0.1, -0.05) is 12.1 Å². The first-order chi connectivity index (χ1) is 17.5. The van der Waals surface area contributed by atoms with Gasteiger partial charge in [0.05, 0.1) is 14.2 Å². The highest BCUT2D eigenvalue weighted by Crippen LogP contribution is 2.24. The summed E-state index contributed by atoms with van der Waals surface area (Å²) >= 11 is 1.40. The quantitative estimate of drug-likeness (QED) is 0.408. The molecule has 36 heavy (non-hydrogen) atoms. The number of anilines is 2. The van der Waals surface area contributed by atoms with Gasteiger partial charge in [-0.2, -0.15) is 4.37 Å². The maximum atomic E-state index is 13.0. The summed E-state index contributed by atoms with van der Waals surface area (Å²) in [5, 5.41) is 0.861. The van der Waals surface area contributed by atoms with Crippen LogP contribution >= 0.6 is 11.5 Å². The normalized spacial score (nSPS) is 13.7. The van der Waals surface area contributed by atoms with E-state index in [0.29, 0.717) is 19.4 Å². The summed E-state index contributed by atoms with van der Waals surface area (Å²) in [5.41, 5.74) is 2.27. The first-order valence-electron chi connectivity index (χ1n) is 12.4. The van der Waals surface area contributed by atoms with E-state index in [1.807, 2.05) is 35.2 Å². The molecule has 0 aliphatic carbocycles. The first kappa shape index (κ1) is 25.8. The number of carbonyl (C=O) groups is 1. The monoisotopic (exact) mass is 509 g/mol. The van der Waals surface area contributed by atoms with Gasteiger partial charge in [0.25, 0.3) is 0 Å². The van der Waals surface area contributed by atoms with Crippen molar-refractivity contribution in [2.45, 2.75) is 32.7 Å². The average molecular weight is 510 g/mol. The standard InChI is InChI=1S/C27H35N5O3S/c1-20(2)32(27-28-25(29-36-27)19-21-6-5-7-24(18-21)35-4)13-12-26(33)31-16-14-30(15-17-31)22-8-10-23(34-3)11-9-22/h5-11,18,20H,12-17,19H2,1-4H3. The van der Waals surface area contributed by atoms with Gasteiger partial charge in [0.2, 0.25) is 11.0 Å². The van der Waals surface area contributed by atoms with Crippen molar-refractivity contribution in [2.24, 2.45) is 0 Å². The number of piperazine rings is 1. The zero-order valence-electron chi connectivity index (χ0n) is 21.5. The summed E-state index contributed by atoms with van der Waals surface area (Å²) in [6.45, 7) is 8.00. The van der Waals surface area contributed by atoms with Gasteiger partial charge in [0, 0.05) is 68.8 Å². The molecule has 9 heteroatoms. The van der Waals surface area contributed by atoms with Crippen LogP contribution in [-0.2, 0) is 11.2 Å². The van der Waals surface area contributed by atoms with Gasteiger partial charge in [-0.05, 0) is 55.8 Å². The molecule has 4 rings (SSSR count). The molecule has 1 saturated heterocycles. The van der Waals surface area contributed by atoms with Crippen LogP contribution < -0.4 is 19.3 Å². The Morgan fingerprint density at radius 2 is 1.75 bits per heavy atom. The average Bonchev–Trinajstić information content (AvgIpc) is 3.36. The fourth-order valence-corrected chi connectivity index (χ4v) is 5.20. The minimum absolute atomic E-state index is 0.191. The van der Waals surface area contributed by atoms with E-state index < -0.39 is 0 Å². The van der Waals surface area contributed by atoms with Gasteiger partial charge in [-0.15, -0.1) is 0 Å². The summed E-state index contributed by atoms with van der Waals surface area (Å²) in [4.78, 5) is 24.3. The van der Waals surface area contributed by atoms with E-state index in [-0.39, 0.29) is 11.9 Å². The van der Waals surface area contributed by atoms with Gasteiger partial charge >= 0.3 is 0 Å². The maximum Gasteiger partial charge on any atom is 0.224 e. The van der Waals surface area contributed by atoms with Crippen LogP contribution in [0.15, 0.2) is 48.5 Å². The first-order valence-corrected chi connectivity index (χ1v) is 13.1. The Hall–Kier alpha value is -3.33. The SMILES string of the molecule is COc1ccc(N2CCN(C(=O)CCN(c3nc(Cc4cccc(OC)c4)ns3)C(C)C)CC2)cc1. The highest BCUT2D eigenvalue weighted by atomic mass is 32.1. The number of hydrogen-bond donors (Lipinski definition) is 0. The number of benzene rings is 2. The molecule has 0 saturated carbocycles. The topological polar surface area (TPSA) is 71.0 Å². The van der Waals surface area contributed by atoms with Crippen molar-refractivity contribution in [3.05, 3.63) is 59.9 Å². The minimum atomic E-state index is 0.191. The number of amides is 1. The van der Waals surface area contributed by atoms with Crippen molar-refractivity contribution in [3.63, 3.8) is 0 Å². The van der Waals surface area contributed by atoms with Crippen molar-refractivity contribution < 1.29 is 14.3 Å². The number of ether oxygens (including phenoxy) is 2. The third kappa shape index (κ3) is 6.46. The molecule has 1 amide bonds. The van der Waals surface area contributed by atoms with E-state index in [9.17, 15) is 4.79 Å². The Morgan fingerprint density at radius 3 is 2.42 bits per heavy atom. The smallest absolute Gasteiger partial charge is 0.224 e. The molecule has 8 nitrogen and oxygen atoms in total. The molecule has 1 fully saturated rings. The summed E-state index contributed by atoms with van der Waals surface area (Å²) in [7, 11) is 3.34. The van der Waals surface area contributed by atoms with E-state index in [1.165, 1.54) is 11.5 Å². The molecule has 1 aliphatic heterocycles. The molecule has 1 aromatic heterocycles. The number of nitrogens with zero attached hydrogens (tertiary/aromatic N) is 5. The van der Waals surface area contributed by atoms with E-state index in [0.717, 1.165) is 59.9 Å². The molecule has 0 N–H and O–H groups in total. The van der Waals surface area contributed by atoms with E-state index in [2.05, 4.69) is 46.2 Å². The highest BCUT2D eigenvalue weighted by Gasteiger charge is 2.23. The van der Waals surface area contributed by atoms with Crippen molar-refractivity contribution in [3.8, 4) is 11.5 Å². The third-order valence-electron chi connectivity index (χ3n) is 6.46. The molecule has 0 bridgehead atoms. The molecular formula is C27H35N5O3S. The van der Waals surface area contributed by atoms with Crippen LogP contribution in [0, 0.1) is 0 Å². The Kier molecular flexibility index (Phi) is 8.64. The Balaban J connectivity index is 1.29. The highest BCUT2D eigenvalue weighted by molar-refractivity contribution is 7.09. The van der Waals surface area contributed by atoms with Crippen molar-refractivity contribution >= 4 is 28.3 Å². The molecule has 0 spiro atoms. The lowest BCUT2D eigenvalue weighted by atomic mass is 10.1. The van der Waals surface area contributed by atoms with Gasteiger partial charge in [0.15, 0.2) is 0 Å². The van der Waals surface area contributed by atoms with Crippen LogP contribution in [0.5, 0.6) is 11.5 Å². The summed E-state index contributed by atoms with van der Waals surface area (Å²) in [6.07, 6.45) is 1.11. The van der Waals surface area contributed by atoms with Gasteiger partial charge in [-0.3, -0.25) is 4.79 Å². The van der Waals surface area contributed by atoms with E-state index in [1.54, 1.807) is 14.2 Å². The second-order valence-corrected chi connectivity index (χ2v) is 9.85. The molecule has 0 radical (unpaired) electrons. The second-order valence-electron chi connectivity index (χ2n) is 9.12. The van der Waals surface area contributed by atoms with Gasteiger partial charge < -0.3 is 24.2 Å². The van der Waals surface area contributed by atoms with Crippen LogP contribution in [0.1, 0.15) is 31.7 Å². The lowest BCUT2D eigenvalue weighted by Gasteiger charge is -2.36. The van der Waals surface area contributed by atoms with Crippen LogP contribution in [-0.4, -0.2) is 73.1 Å². The molecule has 2 heterocycles. The zero-order valence-corrected chi connectivity index (χ0v) is 22.3. The summed E-state index contributed by atoms with van der Waals surface area (Å²) < 4.78 is 15.1. The molecule has 0 unspecified atom stereocenters. The Bertz CT molecular complexity index is 1130. The summed E-state index contributed by atoms with van der Waals surface area (Å²) in [5.74, 6) is 2.66. The largest absolute Gasteiger partial charge is 0.497 e. The van der Waals surface area contributed by atoms with E-state index in [4.69, 9.17) is 14.5 Å². The molecule has 2 aromatic carbocycles. The molecule has 3 aromatic rings. The third-order valence-corrected chi connectivity index (χ3v) is 7.25. The van der Waals surface area contributed by atoms with Crippen molar-refractivity contribution in [1.82, 2.24) is 14.3 Å². The van der Waals surface area contributed by atoms with E-state index >= 15 is 0 Å². The Labute approximate surface area is 217 Å². The number of methoxy groups -OCH3 is 2. The van der Waals surface area contributed by atoms with Crippen molar-refractivity contribution in [1.29, 1.82) is 0 Å². The maximum absolute atomic E-state index is 13.0. The molecule has 0 atom stereocenters. The number of carbonyl (C=O) groups excluding carboxylic acids is 1. The van der Waals surface area contributed by atoms with Crippen LogP contribution in [0.25, 0.3) is 0 Å². The fraction of sp³-hybridized carbons (Fsp3) is 0.444. The predicted molar refractivity (Wildman–Crippen MR) is 145 cm³/mol. The molecular weight excluding hydrogens is 474 g/mol. The van der Waals surface area contributed by atoms with Crippen LogP contribution in [0.2, 0.25) is 0 Å². The minimum Gasteiger partial charge on any atom is -0.497 e. The lowest BCUT2D eigenvalue weighted by molar-refractivity contribution is -0.131. The zero-order chi connectivity index (χ0) is 25.5. The second kappa shape index (κ2) is 12.1. The molecule has 1 aliphatic rings. The van der Waals surface area contributed by atoms with Gasteiger partial charge in [-0.25, -0.2) is 4.98 Å². The fourth-order valence-electron chi connectivity index (χ4n) is 4.35. The van der Waals surface area contributed by atoms with Crippen LogP contribution in [0.4, 0.5) is 10.8 Å². The number of aromatic nitrogens is 2. The molecule has 192 valence electrons. The Morgan fingerprint density at radius 1 is 1.03 bits per heavy atom. The summed E-state index contributed by atoms with van der Waals surface area (Å²) in [6, 6.07) is 16.3. The lowest BCUT2D eigenvalue weighted by Crippen LogP contribution is -2.49.